The molecule has 2 rings (SSSR count). The Morgan fingerprint density at radius 3 is 2.39 bits per heavy atom. The molecule has 0 amide bonds. The predicted molar refractivity (Wildman–Crippen MR) is 88.2 cm³/mol. The number of rotatable bonds is 6. The third-order valence-electron chi connectivity index (χ3n) is 3.40. The summed E-state index contributed by atoms with van der Waals surface area (Å²) >= 11 is 0. The van der Waals surface area contributed by atoms with Crippen LogP contribution in [0.2, 0.25) is 0 Å². The van der Waals surface area contributed by atoms with Crippen molar-refractivity contribution in [3.63, 3.8) is 0 Å². The number of aromatic carboxylic acids is 1. The first-order valence-corrected chi connectivity index (χ1v) is 6.90. The van der Waals surface area contributed by atoms with Gasteiger partial charge < -0.3 is 15.3 Å². The van der Waals surface area contributed by atoms with Gasteiger partial charge in [0.15, 0.2) is 0 Å². The molecule has 7 heteroatoms. The normalized spacial score (nSPS) is 10.2. The van der Waals surface area contributed by atoms with Crippen molar-refractivity contribution < 1.29 is 14.8 Å². The molecule has 7 nitrogen and oxygen atoms in total. The van der Waals surface area contributed by atoms with Crippen LogP contribution in [0.4, 0.5) is 17.1 Å². The lowest BCUT2D eigenvalue weighted by Gasteiger charge is -2.13. The summed E-state index contributed by atoms with van der Waals surface area (Å²) < 4.78 is 0. The lowest BCUT2D eigenvalue weighted by molar-refractivity contribution is -0.385. The highest BCUT2D eigenvalue weighted by atomic mass is 16.6. The Kier molecular flexibility index (Phi) is 4.80. The number of carbonyl (C=O) groups is 1. The average molecular weight is 315 g/mol. The Balaban J connectivity index is 2.16. The van der Waals surface area contributed by atoms with E-state index in [1.54, 1.807) is 0 Å². The first-order valence-electron chi connectivity index (χ1n) is 6.90. The van der Waals surface area contributed by atoms with Gasteiger partial charge in [0, 0.05) is 43.6 Å². The molecule has 0 radical (unpaired) electrons. The molecule has 0 spiro atoms. The van der Waals surface area contributed by atoms with Crippen LogP contribution in [0.25, 0.3) is 0 Å². The Labute approximate surface area is 133 Å². The van der Waals surface area contributed by atoms with Crippen molar-refractivity contribution in [2.45, 2.75) is 6.54 Å². The fraction of sp³-hybridized carbons (Fsp3) is 0.188. The minimum absolute atomic E-state index is 0.101. The maximum absolute atomic E-state index is 11.1. The molecule has 0 heterocycles. The molecule has 0 fully saturated rings. The number of nitrogens with one attached hydrogen (secondary N) is 1. The Bertz CT molecular complexity index is 727. The zero-order valence-electron chi connectivity index (χ0n) is 12.8. The predicted octanol–water partition coefficient (Wildman–Crippen LogP) is 2.97. The van der Waals surface area contributed by atoms with Gasteiger partial charge in [-0.25, -0.2) is 4.79 Å². The van der Waals surface area contributed by atoms with Gasteiger partial charge in [-0.2, -0.15) is 0 Å². The van der Waals surface area contributed by atoms with Gasteiger partial charge in [-0.15, -0.1) is 0 Å². The van der Waals surface area contributed by atoms with Gasteiger partial charge in [-0.05, 0) is 36.4 Å². The van der Waals surface area contributed by atoms with Crippen LogP contribution in [-0.4, -0.2) is 30.1 Å². The van der Waals surface area contributed by atoms with E-state index in [1.165, 1.54) is 12.1 Å². The molecule has 0 aliphatic heterocycles. The van der Waals surface area contributed by atoms with Gasteiger partial charge in [-0.3, -0.25) is 10.1 Å². The second-order valence-corrected chi connectivity index (χ2v) is 5.20. The Morgan fingerprint density at radius 2 is 1.87 bits per heavy atom. The summed E-state index contributed by atoms with van der Waals surface area (Å²) in [6.45, 7) is 0.234. The second-order valence-electron chi connectivity index (χ2n) is 5.20. The van der Waals surface area contributed by atoms with Crippen molar-refractivity contribution in [1.29, 1.82) is 0 Å². The maximum Gasteiger partial charge on any atom is 0.335 e. The summed E-state index contributed by atoms with van der Waals surface area (Å²) in [6.07, 6.45) is 0. The molecule has 0 unspecified atom stereocenters. The van der Waals surface area contributed by atoms with Crippen LogP contribution in [0, 0.1) is 10.1 Å². The van der Waals surface area contributed by atoms with Crippen LogP contribution in [-0.2, 0) is 6.54 Å². The summed E-state index contributed by atoms with van der Waals surface area (Å²) in [5, 5.41) is 23.1. The fourth-order valence-electron chi connectivity index (χ4n) is 2.09. The van der Waals surface area contributed by atoms with Crippen molar-refractivity contribution in [1.82, 2.24) is 0 Å². The van der Waals surface area contributed by atoms with Crippen LogP contribution in [0.3, 0.4) is 0 Å². The average Bonchev–Trinajstić information content (AvgIpc) is 2.52. The van der Waals surface area contributed by atoms with E-state index < -0.39 is 10.9 Å². The summed E-state index contributed by atoms with van der Waals surface area (Å²) in [5.74, 6) is -1.19. The standard InChI is InChI=1S/C16H17N3O4/c1-18(2)14-7-5-13(6-8-14)17-10-12-4-3-11(16(20)21)9-15(12)19(22)23/h3-9,17H,10H2,1-2H3,(H,20,21). The zero-order chi connectivity index (χ0) is 17.0. The van der Waals surface area contributed by atoms with Gasteiger partial charge in [0.05, 0.1) is 10.5 Å². The van der Waals surface area contributed by atoms with Gasteiger partial charge in [0.2, 0.25) is 0 Å². The van der Waals surface area contributed by atoms with E-state index in [1.807, 2.05) is 43.3 Å². The Morgan fingerprint density at radius 1 is 1.22 bits per heavy atom. The fourth-order valence-corrected chi connectivity index (χ4v) is 2.09. The van der Waals surface area contributed by atoms with E-state index >= 15 is 0 Å². The number of carboxylic acid groups (broad SMARTS) is 1. The number of anilines is 2. The number of benzene rings is 2. The van der Waals surface area contributed by atoms with Gasteiger partial charge >= 0.3 is 5.97 Å². The molecule has 2 N–H and O–H groups in total. The number of nitro groups is 1. The molecule has 0 aromatic heterocycles. The maximum atomic E-state index is 11.1. The number of hydrogen-bond acceptors (Lipinski definition) is 5. The molecule has 0 saturated heterocycles. The van der Waals surface area contributed by atoms with E-state index in [9.17, 15) is 14.9 Å². The quantitative estimate of drug-likeness (QED) is 0.628. The summed E-state index contributed by atoms with van der Waals surface area (Å²) in [4.78, 5) is 23.4. The second kappa shape index (κ2) is 6.78. The molecule has 0 aliphatic carbocycles. The molecule has 0 saturated carbocycles. The minimum Gasteiger partial charge on any atom is -0.478 e. The largest absolute Gasteiger partial charge is 0.478 e. The molecule has 0 aliphatic rings. The first kappa shape index (κ1) is 16.3. The molecule has 0 bridgehead atoms. The number of hydrogen-bond donors (Lipinski definition) is 2. The van der Waals surface area contributed by atoms with Gasteiger partial charge in [0.1, 0.15) is 0 Å². The smallest absolute Gasteiger partial charge is 0.335 e. The van der Waals surface area contributed by atoms with Crippen LogP contribution in [0.15, 0.2) is 42.5 Å². The molecule has 2 aromatic rings. The number of nitrogens with zero attached hydrogens (tertiary/aromatic N) is 2. The molecular weight excluding hydrogens is 298 g/mol. The van der Waals surface area contributed by atoms with E-state index in [4.69, 9.17) is 5.11 Å². The van der Waals surface area contributed by atoms with Gasteiger partial charge in [-0.1, -0.05) is 0 Å². The summed E-state index contributed by atoms with van der Waals surface area (Å²) in [6, 6.07) is 11.5. The molecule has 23 heavy (non-hydrogen) atoms. The third kappa shape index (κ3) is 3.97. The first-order chi connectivity index (χ1) is 10.9. The number of nitro benzene ring substituents is 1. The van der Waals surface area contributed by atoms with Crippen molar-refractivity contribution in [2.75, 3.05) is 24.3 Å². The van der Waals surface area contributed by atoms with Crippen molar-refractivity contribution in [2.24, 2.45) is 0 Å². The highest BCUT2D eigenvalue weighted by Crippen LogP contribution is 2.22. The van der Waals surface area contributed by atoms with E-state index in [0.29, 0.717) is 5.56 Å². The SMILES string of the molecule is CN(C)c1ccc(NCc2ccc(C(=O)O)cc2[N+](=O)[O-])cc1. The monoisotopic (exact) mass is 315 g/mol. The van der Waals surface area contributed by atoms with E-state index in [2.05, 4.69) is 5.32 Å². The summed E-state index contributed by atoms with van der Waals surface area (Å²) in [5.41, 5.74) is 1.99. The van der Waals surface area contributed by atoms with Crippen molar-refractivity contribution in [3.05, 3.63) is 63.7 Å². The summed E-state index contributed by atoms with van der Waals surface area (Å²) in [7, 11) is 3.88. The topological polar surface area (TPSA) is 95.7 Å². The van der Waals surface area contributed by atoms with Crippen LogP contribution < -0.4 is 10.2 Å². The van der Waals surface area contributed by atoms with E-state index in [-0.39, 0.29) is 17.8 Å². The van der Waals surface area contributed by atoms with Gasteiger partial charge in [0.25, 0.3) is 5.69 Å². The van der Waals surface area contributed by atoms with Crippen molar-refractivity contribution >= 4 is 23.0 Å². The van der Waals surface area contributed by atoms with Crippen molar-refractivity contribution in [3.8, 4) is 0 Å². The molecular formula is C16H17N3O4. The highest BCUT2D eigenvalue weighted by molar-refractivity contribution is 5.88. The molecule has 120 valence electrons. The minimum atomic E-state index is -1.19. The molecule has 2 aromatic carbocycles. The molecule has 0 atom stereocenters. The Hall–Kier alpha value is -3.09. The third-order valence-corrected chi connectivity index (χ3v) is 3.40. The lowest BCUT2D eigenvalue weighted by atomic mass is 10.1. The zero-order valence-corrected chi connectivity index (χ0v) is 12.8. The highest BCUT2D eigenvalue weighted by Gasteiger charge is 2.16. The van der Waals surface area contributed by atoms with E-state index in [0.717, 1.165) is 17.4 Å². The number of carboxylic acids is 1. The van der Waals surface area contributed by atoms with Crippen LogP contribution in [0.5, 0.6) is 0 Å². The van der Waals surface area contributed by atoms with Crippen LogP contribution in [0.1, 0.15) is 15.9 Å². The van der Waals surface area contributed by atoms with Crippen LogP contribution >= 0.6 is 0 Å². The lowest BCUT2D eigenvalue weighted by Crippen LogP contribution is -2.08.